The third-order valence-electron chi connectivity index (χ3n) is 3.22. The summed E-state index contributed by atoms with van der Waals surface area (Å²) in [6.45, 7) is 3.93. The lowest BCUT2D eigenvalue weighted by atomic mass is 10.1. The van der Waals surface area contributed by atoms with Crippen molar-refractivity contribution in [2.45, 2.75) is 25.2 Å². The van der Waals surface area contributed by atoms with Crippen LogP contribution in [0.1, 0.15) is 23.6 Å². The van der Waals surface area contributed by atoms with Crippen LogP contribution in [0.25, 0.3) is 0 Å². The summed E-state index contributed by atoms with van der Waals surface area (Å²) in [6.07, 6.45) is 6.31. The summed E-state index contributed by atoms with van der Waals surface area (Å²) in [5.74, 6) is 2.53. The molecular formula is C17H17NO2S. The Balaban J connectivity index is 2.37. The average Bonchev–Trinajstić information content (AvgIpc) is 2.47. The maximum absolute atomic E-state index is 12.4. The second-order valence-electron chi connectivity index (χ2n) is 4.80. The van der Waals surface area contributed by atoms with E-state index < -0.39 is 10.0 Å². The Labute approximate surface area is 126 Å². The highest BCUT2D eigenvalue weighted by Crippen LogP contribution is 2.21. The van der Waals surface area contributed by atoms with Crippen LogP contribution in [-0.4, -0.2) is 8.42 Å². The second kappa shape index (κ2) is 6.02. The first-order valence-corrected chi connectivity index (χ1v) is 8.13. The van der Waals surface area contributed by atoms with E-state index in [0.717, 1.165) is 17.5 Å². The Bertz CT molecular complexity index is 785. The highest BCUT2D eigenvalue weighted by atomic mass is 32.2. The summed E-state index contributed by atoms with van der Waals surface area (Å²) in [7, 11) is -3.63. The average molecular weight is 299 g/mol. The third-order valence-corrected chi connectivity index (χ3v) is 4.60. The first-order valence-electron chi connectivity index (χ1n) is 6.65. The molecule has 0 unspecified atom stereocenters. The standard InChI is InChI=1S/C17H17NO2S/c1-4-14-8-11-17(15(5-2)12-14)18-21(19,20)16-9-6-13(3)7-10-16/h2,6-12,18H,4H2,1,3H3. The Morgan fingerprint density at radius 2 is 1.81 bits per heavy atom. The number of terminal acetylenes is 1. The van der Waals surface area contributed by atoms with E-state index in [9.17, 15) is 8.42 Å². The largest absolute Gasteiger partial charge is 0.278 e. The van der Waals surface area contributed by atoms with Crippen molar-refractivity contribution in [3.05, 3.63) is 59.2 Å². The van der Waals surface area contributed by atoms with E-state index >= 15 is 0 Å². The van der Waals surface area contributed by atoms with Crippen molar-refractivity contribution in [1.29, 1.82) is 0 Å². The number of hydrogen-bond acceptors (Lipinski definition) is 2. The van der Waals surface area contributed by atoms with E-state index in [2.05, 4.69) is 10.6 Å². The Kier molecular flexibility index (Phi) is 4.35. The molecule has 0 aliphatic carbocycles. The summed E-state index contributed by atoms with van der Waals surface area (Å²) < 4.78 is 27.3. The number of sulfonamides is 1. The lowest BCUT2D eigenvalue weighted by molar-refractivity contribution is 0.601. The molecule has 2 rings (SSSR count). The molecule has 0 aliphatic heterocycles. The fraction of sp³-hybridized carbons (Fsp3) is 0.176. The zero-order valence-corrected chi connectivity index (χ0v) is 12.9. The smallest absolute Gasteiger partial charge is 0.261 e. The van der Waals surface area contributed by atoms with Gasteiger partial charge in [-0.15, -0.1) is 6.42 Å². The van der Waals surface area contributed by atoms with Crippen LogP contribution in [0.15, 0.2) is 47.4 Å². The van der Waals surface area contributed by atoms with Gasteiger partial charge >= 0.3 is 0 Å². The van der Waals surface area contributed by atoms with Crippen molar-refractivity contribution in [3.8, 4) is 12.3 Å². The van der Waals surface area contributed by atoms with E-state index in [1.54, 1.807) is 30.3 Å². The summed E-state index contributed by atoms with van der Waals surface area (Å²) >= 11 is 0. The highest BCUT2D eigenvalue weighted by Gasteiger charge is 2.15. The molecule has 21 heavy (non-hydrogen) atoms. The van der Waals surface area contributed by atoms with Gasteiger partial charge in [-0.1, -0.05) is 36.6 Å². The van der Waals surface area contributed by atoms with Gasteiger partial charge in [0.15, 0.2) is 0 Å². The molecule has 2 aromatic rings. The van der Waals surface area contributed by atoms with Crippen LogP contribution < -0.4 is 4.72 Å². The lowest BCUT2D eigenvalue weighted by Crippen LogP contribution is -2.14. The molecule has 0 aliphatic rings. The minimum absolute atomic E-state index is 0.218. The van der Waals surface area contributed by atoms with Crippen molar-refractivity contribution >= 4 is 15.7 Å². The van der Waals surface area contributed by atoms with Gasteiger partial charge in [0.1, 0.15) is 0 Å². The van der Waals surface area contributed by atoms with Crippen molar-refractivity contribution in [2.75, 3.05) is 4.72 Å². The van der Waals surface area contributed by atoms with Crippen LogP contribution in [0.3, 0.4) is 0 Å². The van der Waals surface area contributed by atoms with Gasteiger partial charge in [-0.2, -0.15) is 0 Å². The predicted octanol–water partition coefficient (Wildman–Crippen LogP) is 3.34. The first-order chi connectivity index (χ1) is 9.96. The first kappa shape index (κ1) is 15.1. The van der Waals surface area contributed by atoms with E-state index in [0.29, 0.717) is 11.3 Å². The van der Waals surface area contributed by atoms with Crippen molar-refractivity contribution in [3.63, 3.8) is 0 Å². The minimum atomic E-state index is -3.63. The molecule has 0 saturated heterocycles. The number of aryl methyl sites for hydroxylation is 2. The Morgan fingerprint density at radius 3 is 2.38 bits per heavy atom. The Hall–Kier alpha value is -2.25. The topological polar surface area (TPSA) is 46.2 Å². The normalized spacial score (nSPS) is 10.9. The maximum atomic E-state index is 12.4. The van der Waals surface area contributed by atoms with Gasteiger partial charge < -0.3 is 0 Å². The van der Waals surface area contributed by atoms with Crippen molar-refractivity contribution in [2.24, 2.45) is 0 Å². The summed E-state index contributed by atoms with van der Waals surface area (Å²) in [6, 6.07) is 12.1. The predicted molar refractivity (Wildman–Crippen MR) is 85.7 cm³/mol. The van der Waals surface area contributed by atoms with Gasteiger partial charge in [0, 0.05) is 5.56 Å². The molecule has 0 heterocycles. The number of anilines is 1. The molecule has 0 aromatic heterocycles. The van der Waals surface area contributed by atoms with Crippen LogP contribution in [0, 0.1) is 19.3 Å². The number of hydrogen-bond donors (Lipinski definition) is 1. The van der Waals surface area contributed by atoms with Crippen LogP contribution in [0.5, 0.6) is 0 Å². The quantitative estimate of drug-likeness (QED) is 0.880. The molecule has 0 amide bonds. The third kappa shape index (κ3) is 3.45. The summed E-state index contributed by atoms with van der Waals surface area (Å²) in [4.78, 5) is 0.218. The van der Waals surface area contributed by atoms with Gasteiger partial charge in [-0.3, -0.25) is 4.72 Å². The molecule has 0 fully saturated rings. The zero-order chi connectivity index (χ0) is 15.5. The second-order valence-corrected chi connectivity index (χ2v) is 6.48. The van der Waals surface area contributed by atoms with Crippen LogP contribution in [0.2, 0.25) is 0 Å². The van der Waals surface area contributed by atoms with Crippen LogP contribution in [0.4, 0.5) is 5.69 Å². The maximum Gasteiger partial charge on any atom is 0.261 e. The SMILES string of the molecule is C#Cc1cc(CC)ccc1NS(=O)(=O)c1ccc(C)cc1. The fourth-order valence-electron chi connectivity index (χ4n) is 1.94. The lowest BCUT2D eigenvalue weighted by Gasteiger charge is -2.11. The number of nitrogens with one attached hydrogen (secondary N) is 1. The van der Waals surface area contributed by atoms with Crippen LogP contribution in [-0.2, 0) is 16.4 Å². The van der Waals surface area contributed by atoms with Crippen molar-refractivity contribution in [1.82, 2.24) is 0 Å². The van der Waals surface area contributed by atoms with Gasteiger partial charge in [-0.25, -0.2) is 8.42 Å². The Morgan fingerprint density at radius 1 is 1.14 bits per heavy atom. The zero-order valence-electron chi connectivity index (χ0n) is 12.1. The number of benzene rings is 2. The highest BCUT2D eigenvalue weighted by molar-refractivity contribution is 7.92. The van der Waals surface area contributed by atoms with Gasteiger partial charge in [0.05, 0.1) is 10.6 Å². The minimum Gasteiger partial charge on any atom is -0.278 e. The van der Waals surface area contributed by atoms with Gasteiger partial charge in [-0.05, 0) is 43.2 Å². The van der Waals surface area contributed by atoms with E-state index in [-0.39, 0.29) is 4.90 Å². The molecule has 4 heteroatoms. The fourth-order valence-corrected chi connectivity index (χ4v) is 3.02. The molecule has 3 nitrogen and oxygen atoms in total. The molecule has 0 saturated carbocycles. The molecule has 0 atom stereocenters. The summed E-state index contributed by atoms with van der Waals surface area (Å²) in [5, 5.41) is 0. The summed E-state index contributed by atoms with van der Waals surface area (Å²) in [5.41, 5.74) is 3.05. The molecular weight excluding hydrogens is 282 g/mol. The van der Waals surface area contributed by atoms with Gasteiger partial charge in [0.25, 0.3) is 10.0 Å². The molecule has 1 N–H and O–H groups in total. The van der Waals surface area contributed by atoms with E-state index in [1.165, 1.54) is 0 Å². The molecule has 0 bridgehead atoms. The van der Waals surface area contributed by atoms with Gasteiger partial charge in [0.2, 0.25) is 0 Å². The molecule has 2 aromatic carbocycles. The molecule has 108 valence electrons. The molecule has 0 spiro atoms. The van der Waals surface area contributed by atoms with E-state index in [4.69, 9.17) is 6.42 Å². The number of rotatable bonds is 4. The van der Waals surface area contributed by atoms with E-state index in [1.807, 2.05) is 26.0 Å². The monoisotopic (exact) mass is 299 g/mol. The van der Waals surface area contributed by atoms with Crippen LogP contribution >= 0.6 is 0 Å². The molecule has 0 radical (unpaired) electrons. The van der Waals surface area contributed by atoms with Crippen molar-refractivity contribution < 1.29 is 8.42 Å².